The van der Waals surface area contributed by atoms with Gasteiger partial charge in [0.25, 0.3) is 0 Å². The number of thiazole rings is 1. The van der Waals surface area contributed by atoms with E-state index in [9.17, 15) is 0 Å². The maximum Gasteiger partial charge on any atom is 0.186 e. The van der Waals surface area contributed by atoms with Gasteiger partial charge in [-0.25, -0.2) is 4.98 Å². The summed E-state index contributed by atoms with van der Waals surface area (Å²) in [6.07, 6.45) is 4.86. The van der Waals surface area contributed by atoms with E-state index in [-0.39, 0.29) is 0 Å². The highest BCUT2D eigenvalue weighted by molar-refractivity contribution is 7.15. The van der Waals surface area contributed by atoms with Crippen LogP contribution in [0.4, 0.5) is 5.13 Å². The smallest absolute Gasteiger partial charge is 0.186 e. The Labute approximate surface area is 134 Å². The van der Waals surface area contributed by atoms with Gasteiger partial charge in [0.2, 0.25) is 0 Å². The average molecular weight is 319 g/mol. The largest absolute Gasteiger partial charge is 0.343 e. The van der Waals surface area contributed by atoms with E-state index in [0.717, 1.165) is 26.1 Å². The fourth-order valence-corrected chi connectivity index (χ4v) is 5.53. The third kappa shape index (κ3) is 2.51. The van der Waals surface area contributed by atoms with Crippen molar-refractivity contribution in [2.45, 2.75) is 45.2 Å². The third-order valence-electron chi connectivity index (χ3n) is 4.47. The number of anilines is 1. The maximum absolute atomic E-state index is 4.97. The normalized spacial score (nSPS) is 21.2. The highest BCUT2D eigenvalue weighted by atomic mass is 32.1. The lowest BCUT2D eigenvalue weighted by Crippen LogP contribution is -2.29. The van der Waals surface area contributed by atoms with E-state index in [1.807, 2.05) is 22.7 Å². The summed E-state index contributed by atoms with van der Waals surface area (Å²) < 4.78 is 0. The van der Waals surface area contributed by atoms with Crippen LogP contribution in [0.15, 0.2) is 11.4 Å². The number of hydrogen-bond donors (Lipinski definition) is 1. The first-order chi connectivity index (χ1) is 10.3. The molecule has 0 bridgehead atoms. The van der Waals surface area contributed by atoms with E-state index >= 15 is 0 Å². The van der Waals surface area contributed by atoms with Crippen molar-refractivity contribution in [3.63, 3.8) is 0 Å². The molecule has 2 aromatic heterocycles. The van der Waals surface area contributed by atoms with E-state index in [4.69, 9.17) is 4.98 Å². The Kier molecular flexibility index (Phi) is 3.73. The number of thiophene rings is 1. The van der Waals surface area contributed by atoms with Gasteiger partial charge in [0.1, 0.15) is 0 Å². The van der Waals surface area contributed by atoms with Crippen molar-refractivity contribution in [3.05, 3.63) is 32.5 Å². The first kappa shape index (κ1) is 13.7. The van der Waals surface area contributed by atoms with Crippen molar-refractivity contribution < 1.29 is 0 Å². The highest BCUT2D eigenvalue weighted by Crippen LogP contribution is 2.39. The zero-order valence-electron chi connectivity index (χ0n) is 12.4. The molecule has 1 atom stereocenters. The van der Waals surface area contributed by atoms with Gasteiger partial charge in [-0.2, -0.15) is 0 Å². The van der Waals surface area contributed by atoms with E-state index in [1.165, 1.54) is 40.5 Å². The summed E-state index contributed by atoms with van der Waals surface area (Å²) in [4.78, 5) is 10.5. The van der Waals surface area contributed by atoms with Gasteiger partial charge < -0.3 is 10.2 Å². The molecule has 112 valence electrons. The topological polar surface area (TPSA) is 28.2 Å². The molecule has 3 heterocycles. The average Bonchev–Trinajstić information content (AvgIpc) is 3.13. The van der Waals surface area contributed by atoms with Crippen LogP contribution in [0.25, 0.3) is 0 Å². The number of aryl methyl sites for hydroxylation is 1. The van der Waals surface area contributed by atoms with Crippen LogP contribution in [0.2, 0.25) is 0 Å². The van der Waals surface area contributed by atoms with Crippen molar-refractivity contribution >= 4 is 27.8 Å². The molecule has 0 saturated heterocycles. The van der Waals surface area contributed by atoms with Gasteiger partial charge >= 0.3 is 0 Å². The fourth-order valence-electron chi connectivity index (χ4n) is 3.39. The molecular formula is C16H21N3S2. The summed E-state index contributed by atoms with van der Waals surface area (Å²) in [5, 5.41) is 7.08. The Bertz CT molecular complexity index is 631. The minimum atomic E-state index is 0.534. The fraction of sp³-hybridized carbons (Fsp3) is 0.562. The SMILES string of the molecule is CCNC1CCCc2nc(N3CCc4sccc4C3)sc21. The van der Waals surface area contributed by atoms with Crippen molar-refractivity contribution in [3.8, 4) is 0 Å². The molecule has 0 aromatic carbocycles. The number of aromatic nitrogens is 1. The molecule has 2 aliphatic rings. The molecular weight excluding hydrogens is 298 g/mol. The number of rotatable bonds is 3. The van der Waals surface area contributed by atoms with Gasteiger partial charge in [-0.05, 0) is 49.2 Å². The summed E-state index contributed by atoms with van der Waals surface area (Å²) in [6.45, 7) is 5.39. The van der Waals surface area contributed by atoms with Crippen molar-refractivity contribution in [2.75, 3.05) is 18.0 Å². The summed E-state index contributed by atoms with van der Waals surface area (Å²) in [7, 11) is 0. The van der Waals surface area contributed by atoms with Gasteiger partial charge in [-0.15, -0.1) is 11.3 Å². The lowest BCUT2D eigenvalue weighted by Gasteiger charge is -2.26. The van der Waals surface area contributed by atoms with Gasteiger partial charge in [-0.1, -0.05) is 18.3 Å². The zero-order chi connectivity index (χ0) is 14.2. The quantitative estimate of drug-likeness (QED) is 0.934. The van der Waals surface area contributed by atoms with Crippen LogP contribution in [0.3, 0.4) is 0 Å². The van der Waals surface area contributed by atoms with Crippen molar-refractivity contribution in [1.82, 2.24) is 10.3 Å². The first-order valence-corrected chi connectivity index (χ1v) is 9.58. The molecule has 1 unspecified atom stereocenters. The minimum Gasteiger partial charge on any atom is -0.343 e. The second kappa shape index (κ2) is 5.71. The van der Waals surface area contributed by atoms with Gasteiger partial charge in [0, 0.05) is 28.9 Å². The predicted molar refractivity (Wildman–Crippen MR) is 90.5 cm³/mol. The summed E-state index contributed by atoms with van der Waals surface area (Å²) in [5.74, 6) is 0. The predicted octanol–water partition coefficient (Wildman–Crippen LogP) is 3.75. The second-order valence-electron chi connectivity index (χ2n) is 5.85. The second-order valence-corrected chi connectivity index (χ2v) is 7.86. The Morgan fingerprint density at radius 3 is 3.29 bits per heavy atom. The monoisotopic (exact) mass is 319 g/mol. The Hall–Kier alpha value is -0.910. The van der Waals surface area contributed by atoms with E-state index in [1.54, 1.807) is 4.88 Å². The summed E-state index contributed by atoms with van der Waals surface area (Å²) in [5.41, 5.74) is 2.85. The molecule has 1 N–H and O–H groups in total. The molecule has 5 heteroatoms. The van der Waals surface area contributed by atoms with Gasteiger partial charge in [0.15, 0.2) is 5.13 Å². The zero-order valence-corrected chi connectivity index (χ0v) is 14.0. The van der Waals surface area contributed by atoms with Crippen LogP contribution in [-0.2, 0) is 19.4 Å². The molecule has 0 fully saturated rings. The highest BCUT2D eigenvalue weighted by Gasteiger charge is 2.27. The summed E-state index contributed by atoms with van der Waals surface area (Å²) >= 11 is 3.83. The molecule has 4 rings (SSSR count). The molecule has 1 aliphatic carbocycles. The third-order valence-corrected chi connectivity index (χ3v) is 6.76. The molecule has 0 saturated carbocycles. The number of nitrogens with one attached hydrogen (secondary N) is 1. The molecule has 3 nitrogen and oxygen atoms in total. The minimum absolute atomic E-state index is 0.534. The molecule has 0 spiro atoms. The van der Waals surface area contributed by atoms with Crippen LogP contribution in [-0.4, -0.2) is 18.1 Å². The van der Waals surface area contributed by atoms with Crippen LogP contribution >= 0.6 is 22.7 Å². The summed E-state index contributed by atoms with van der Waals surface area (Å²) in [6, 6.07) is 2.81. The van der Waals surface area contributed by atoms with Gasteiger partial charge in [-0.3, -0.25) is 0 Å². The number of hydrogen-bond acceptors (Lipinski definition) is 5. The van der Waals surface area contributed by atoms with Gasteiger partial charge in [0.05, 0.1) is 5.69 Å². The van der Waals surface area contributed by atoms with Crippen LogP contribution in [0.5, 0.6) is 0 Å². The Balaban J connectivity index is 1.60. The van der Waals surface area contributed by atoms with Crippen molar-refractivity contribution in [2.24, 2.45) is 0 Å². The number of fused-ring (bicyclic) bond motifs is 2. The standard InChI is InChI=1S/C16H21N3S2/c1-2-17-12-4-3-5-13-15(12)21-16(18-13)19-8-6-14-11(10-19)7-9-20-14/h7,9,12,17H,2-6,8,10H2,1H3. The lowest BCUT2D eigenvalue weighted by atomic mass is 9.98. The Morgan fingerprint density at radius 2 is 2.38 bits per heavy atom. The first-order valence-electron chi connectivity index (χ1n) is 7.88. The lowest BCUT2D eigenvalue weighted by molar-refractivity contribution is 0.476. The number of nitrogens with zero attached hydrogens (tertiary/aromatic N) is 2. The molecule has 0 amide bonds. The molecule has 0 radical (unpaired) electrons. The van der Waals surface area contributed by atoms with Crippen LogP contribution in [0.1, 0.15) is 46.8 Å². The van der Waals surface area contributed by atoms with E-state index < -0.39 is 0 Å². The van der Waals surface area contributed by atoms with E-state index in [2.05, 4.69) is 28.6 Å². The molecule has 1 aliphatic heterocycles. The van der Waals surface area contributed by atoms with Crippen molar-refractivity contribution in [1.29, 1.82) is 0 Å². The van der Waals surface area contributed by atoms with E-state index in [0.29, 0.717) is 6.04 Å². The maximum atomic E-state index is 4.97. The molecule has 2 aromatic rings. The van der Waals surface area contributed by atoms with Crippen LogP contribution < -0.4 is 10.2 Å². The van der Waals surface area contributed by atoms with Crippen LogP contribution in [0, 0.1) is 0 Å². The molecule has 21 heavy (non-hydrogen) atoms. The Morgan fingerprint density at radius 1 is 1.43 bits per heavy atom.